The quantitative estimate of drug-likeness (QED) is 0.766. The number of benzene rings is 1. The van der Waals surface area contributed by atoms with Gasteiger partial charge in [0.25, 0.3) is 0 Å². The van der Waals surface area contributed by atoms with Crippen molar-refractivity contribution in [1.29, 1.82) is 0 Å². The molecule has 134 valence electrons. The number of amides is 1. The Morgan fingerprint density at radius 3 is 2.76 bits per heavy atom. The number of hydrogen-bond donors (Lipinski definition) is 2. The standard InChI is InChI=1S/C18H23FN4O2/c1-18(11-20,13-7-8-13)22-15(24)3-2-4-16-21-17(23-25-16)12-5-9-14(19)10-6-12/h5-6,9-10,13H,2-4,7-8,11,20H2,1H3,(H,22,24). The van der Waals surface area contributed by atoms with Gasteiger partial charge in [-0.3, -0.25) is 4.79 Å². The molecule has 1 aromatic carbocycles. The average Bonchev–Trinajstić information content (AvgIpc) is 3.36. The third-order valence-corrected chi connectivity index (χ3v) is 4.69. The summed E-state index contributed by atoms with van der Waals surface area (Å²) in [5.41, 5.74) is 6.21. The zero-order valence-electron chi connectivity index (χ0n) is 14.3. The monoisotopic (exact) mass is 346 g/mol. The van der Waals surface area contributed by atoms with Gasteiger partial charge in [0.2, 0.25) is 17.6 Å². The van der Waals surface area contributed by atoms with Crippen LogP contribution in [0.1, 0.15) is 38.5 Å². The van der Waals surface area contributed by atoms with E-state index in [0.717, 1.165) is 12.8 Å². The number of carbonyl (C=O) groups is 1. The van der Waals surface area contributed by atoms with Crippen LogP contribution in [-0.4, -0.2) is 28.1 Å². The first-order valence-corrected chi connectivity index (χ1v) is 8.60. The van der Waals surface area contributed by atoms with Gasteiger partial charge in [0, 0.05) is 24.9 Å². The molecule has 1 heterocycles. The summed E-state index contributed by atoms with van der Waals surface area (Å²) in [6.07, 6.45) is 3.77. The fourth-order valence-electron chi connectivity index (χ4n) is 2.89. The topological polar surface area (TPSA) is 94.0 Å². The predicted molar refractivity (Wildman–Crippen MR) is 91.0 cm³/mol. The number of hydrogen-bond acceptors (Lipinski definition) is 5. The van der Waals surface area contributed by atoms with Crippen LogP contribution in [0.25, 0.3) is 11.4 Å². The summed E-state index contributed by atoms with van der Waals surface area (Å²) in [6.45, 7) is 2.46. The highest BCUT2D eigenvalue weighted by Crippen LogP contribution is 2.39. The molecule has 0 spiro atoms. The van der Waals surface area contributed by atoms with E-state index < -0.39 is 0 Å². The smallest absolute Gasteiger partial charge is 0.226 e. The SMILES string of the molecule is CC(CN)(NC(=O)CCCc1nc(-c2ccc(F)cc2)no1)C1CC1. The predicted octanol–water partition coefficient (Wildman–Crippen LogP) is 2.44. The summed E-state index contributed by atoms with van der Waals surface area (Å²) in [5, 5.41) is 6.95. The van der Waals surface area contributed by atoms with E-state index in [4.69, 9.17) is 10.3 Å². The molecular formula is C18H23FN4O2. The molecule has 3 N–H and O–H groups in total. The number of aryl methyl sites for hydroxylation is 1. The summed E-state index contributed by atoms with van der Waals surface area (Å²) in [7, 11) is 0. The summed E-state index contributed by atoms with van der Waals surface area (Å²) in [4.78, 5) is 16.4. The van der Waals surface area contributed by atoms with Crippen molar-refractivity contribution in [2.75, 3.05) is 6.54 Å². The molecule has 1 aliphatic carbocycles. The van der Waals surface area contributed by atoms with Crippen LogP contribution in [0.5, 0.6) is 0 Å². The number of nitrogens with two attached hydrogens (primary N) is 1. The van der Waals surface area contributed by atoms with Gasteiger partial charge < -0.3 is 15.6 Å². The Balaban J connectivity index is 1.47. The molecule has 1 aliphatic rings. The van der Waals surface area contributed by atoms with Gasteiger partial charge in [-0.2, -0.15) is 4.98 Å². The molecule has 1 aromatic heterocycles. The lowest BCUT2D eigenvalue weighted by Crippen LogP contribution is -2.53. The molecule has 0 saturated heterocycles. The van der Waals surface area contributed by atoms with Crippen LogP contribution >= 0.6 is 0 Å². The van der Waals surface area contributed by atoms with Crippen molar-refractivity contribution in [2.45, 2.75) is 44.6 Å². The van der Waals surface area contributed by atoms with Crippen molar-refractivity contribution in [2.24, 2.45) is 11.7 Å². The van der Waals surface area contributed by atoms with Crippen LogP contribution in [0.4, 0.5) is 4.39 Å². The fourth-order valence-corrected chi connectivity index (χ4v) is 2.89. The Hall–Kier alpha value is -2.28. The van der Waals surface area contributed by atoms with Crippen LogP contribution in [0.3, 0.4) is 0 Å². The van der Waals surface area contributed by atoms with Crippen molar-refractivity contribution in [3.63, 3.8) is 0 Å². The molecular weight excluding hydrogens is 323 g/mol. The van der Waals surface area contributed by atoms with Gasteiger partial charge in [0.15, 0.2) is 0 Å². The second-order valence-corrected chi connectivity index (χ2v) is 6.82. The minimum Gasteiger partial charge on any atom is -0.349 e. The zero-order valence-corrected chi connectivity index (χ0v) is 14.3. The maximum atomic E-state index is 12.9. The molecule has 1 unspecified atom stereocenters. The first-order chi connectivity index (χ1) is 12.0. The summed E-state index contributed by atoms with van der Waals surface area (Å²) in [6, 6.07) is 5.90. The normalized spacial score (nSPS) is 16.4. The molecule has 6 nitrogen and oxygen atoms in total. The molecule has 0 aliphatic heterocycles. The van der Waals surface area contributed by atoms with E-state index >= 15 is 0 Å². The van der Waals surface area contributed by atoms with E-state index in [2.05, 4.69) is 15.5 Å². The number of nitrogens with zero attached hydrogens (tertiary/aromatic N) is 2. The lowest BCUT2D eigenvalue weighted by molar-refractivity contribution is -0.123. The molecule has 25 heavy (non-hydrogen) atoms. The van der Waals surface area contributed by atoms with Crippen LogP contribution in [0.2, 0.25) is 0 Å². The molecule has 1 amide bonds. The van der Waals surface area contributed by atoms with Crippen molar-refractivity contribution < 1.29 is 13.7 Å². The summed E-state index contributed by atoms with van der Waals surface area (Å²) < 4.78 is 18.1. The van der Waals surface area contributed by atoms with E-state index in [-0.39, 0.29) is 17.3 Å². The molecule has 0 bridgehead atoms. The van der Waals surface area contributed by atoms with Gasteiger partial charge in [-0.15, -0.1) is 0 Å². The minimum atomic E-state index is -0.311. The van der Waals surface area contributed by atoms with Gasteiger partial charge >= 0.3 is 0 Å². The minimum absolute atomic E-state index is 0.00174. The third-order valence-electron chi connectivity index (χ3n) is 4.69. The fraction of sp³-hybridized carbons (Fsp3) is 0.500. The average molecular weight is 346 g/mol. The van der Waals surface area contributed by atoms with Crippen molar-refractivity contribution in [3.8, 4) is 11.4 Å². The van der Waals surface area contributed by atoms with Gasteiger partial charge in [0.1, 0.15) is 5.82 Å². The van der Waals surface area contributed by atoms with Crippen LogP contribution in [-0.2, 0) is 11.2 Å². The van der Waals surface area contributed by atoms with E-state index in [0.29, 0.717) is 49.0 Å². The highest BCUT2D eigenvalue weighted by molar-refractivity contribution is 5.76. The van der Waals surface area contributed by atoms with Crippen molar-refractivity contribution in [3.05, 3.63) is 36.0 Å². The molecule has 7 heteroatoms. The first kappa shape index (κ1) is 17.5. The van der Waals surface area contributed by atoms with E-state index in [1.165, 1.54) is 12.1 Å². The van der Waals surface area contributed by atoms with Crippen molar-refractivity contribution in [1.82, 2.24) is 15.5 Å². The molecule has 1 fully saturated rings. The first-order valence-electron chi connectivity index (χ1n) is 8.60. The molecule has 0 radical (unpaired) electrons. The summed E-state index contributed by atoms with van der Waals surface area (Å²) in [5.74, 6) is 1.07. The van der Waals surface area contributed by atoms with Gasteiger partial charge in [0.05, 0.1) is 5.54 Å². The van der Waals surface area contributed by atoms with Gasteiger partial charge in [-0.05, 0) is 56.4 Å². The highest BCUT2D eigenvalue weighted by atomic mass is 19.1. The van der Waals surface area contributed by atoms with E-state index in [9.17, 15) is 9.18 Å². The van der Waals surface area contributed by atoms with Crippen molar-refractivity contribution >= 4 is 5.91 Å². The third kappa shape index (κ3) is 4.42. The lowest BCUT2D eigenvalue weighted by atomic mass is 9.95. The molecule has 1 atom stereocenters. The Kier molecular flexibility index (Phi) is 5.13. The second kappa shape index (κ2) is 7.31. The van der Waals surface area contributed by atoms with Gasteiger partial charge in [-0.25, -0.2) is 4.39 Å². The Morgan fingerprint density at radius 2 is 2.12 bits per heavy atom. The lowest BCUT2D eigenvalue weighted by Gasteiger charge is -2.29. The maximum Gasteiger partial charge on any atom is 0.226 e. The summed E-state index contributed by atoms with van der Waals surface area (Å²) >= 11 is 0. The molecule has 1 saturated carbocycles. The van der Waals surface area contributed by atoms with E-state index in [1.807, 2.05) is 6.92 Å². The van der Waals surface area contributed by atoms with Crippen LogP contribution in [0.15, 0.2) is 28.8 Å². The Morgan fingerprint density at radius 1 is 1.40 bits per heavy atom. The Labute approximate surface area is 146 Å². The molecule has 2 aromatic rings. The zero-order chi connectivity index (χ0) is 17.9. The maximum absolute atomic E-state index is 12.9. The van der Waals surface area contributed by atoms with E-state index in [1.54, 1.807) is 12.1 Å². The number of nitrogens with one attached hydrogen (secondary N) is 1. The highest BCUT2D eigenvalue weighted by Gasteiger charge is 2.41. The number of aromatic nitrogens is 2. The van der Waals surface area contributed by atoms with Gasteiger partial charge in [-0.1, -0.05) is 5.16 Å². The van der Waals surface area contributed by atoms with Crippen LogP contribution in [0, 0.1) is 11.7 Å². The number of rotatable bonds is 8. The second-order valence-electron chi connectivity index (χ2n) is 6.82. The molecule has 3 rings (SSSR count). The number of halogens is 1. The van der Waals surface area contributed by atoms with Crippen LogP contribution < -0.4 is 11.1 Å². The number of carbonyl (C=O) groups excluding carboxylic acids is 1. The largest absolute Gasteiger partial charge is 0.349 e. The Bertz CT molecular complexity index is 727.